The van der Waals surface area contributed by atoms with Gasteiger partial charge in [-0.3, -0.25) is 4.79 Å². The molecule has 0 spiro atoms. The van der Waals surface area contributed by atoms with Crippen LogP contribution >= 0.6 is 23.4 Å². The van der Waals surface area contributed by atoms with E-state index in [2.05, 4.69) is 11.1 Å². The van der Waals surface area contributed by atoms with Gasteiger partial charge in [0.15, 0.2) is 10.9 Å². The van der Waals surface area contributed by atoms with Crippen molar-refractivity contribution in [3.8, 4) is 11.9 Å². The van der Waals surface area contributed by atoms with Gasteiger partial charge in [0.05, 0.1) is 17.5 Å². The molecule has 5 rings (SSSR count). The Hall–Kier alpha value is -4.23. The Balaban J connectivity index is 1.61. The molecule has 0 bridgehead atoms. The molecule has 0 aliphatic heterocycles. The van der Waals surface area contributed by atoms with Gasteiger partial charge in [0.1, 0.15) is 10.8 Å². The van der Waals surface area contributed by atoms with Crippen LogP contribution < -0.4 is 4.18 Å². The Labute approximate surface area is 259 Å². The van der Waals surface area contributed by atoms with Gasteiger partial charge in [-0.05, 0) is 66.1 Å². The Kier molecular flexibility index (Phi) is 9.11. The number of nitriles is 1. The standard InChI is InChI=1S/C33H26ClN3O4S2/c1-3-26-31(29(19-35)28-10-6-8-22-7-4-5-9-27(22)28)36-33(42-20-30(38)23-13-15-24(34)16-14-23)37-32(26)41-43(39,40)25-17-11-21(2)12-18-25/h4-18,29H,3,20H2,1-2H3. The number of carbonyl (C=O) groups is 1. The van der Waals surface area contributed by atoms with Gasteiger partial charge in [0.25, 0.3) is 0 Å². The van der Waals surface area contributed by atoms with E-state index in [0.29, 0.717) is 28.3 Å². The van der Waals surface area contributed by atoms with Gasteiger partial charge < -0.3 is 4.18 Å². The molecule has 10 heteroatoms. The number of hydrogen-bond donors (Lipinski definition) is 0. The van der Waals surface area contributed by atoms with Gasteiger partial charge in [-0.1, -0.05) is 90.4 Å². The molecule has 0 aliphatic rings. The molecule has 1 heterocycles. The Morgan fingerprint density at radius 3 is 2.37 bits per heavy atom. The smallest absolute Gasteiger partial charge is 0.340 e. The number of ketones is 1. The molecular formula is C33H26ClN3O4S2. The van der Waals surface area contributed by atoms with Crippen molar-refractivity contribution >= 4 is 50.0 Å². The summed E-state index contributed by atoms with van der Waals surface area (Å²) in [5.41, 5.74) is 2.80. The summed E-state index contributed by atoms with van der Waals surface area (Å²) in [7, 11) is -4.27. The van der Waals surface area contributed by atoms with Crippen LogP contribution in [0.25, 0.3) is 10.8 Å². The van der Waals surface area contributed by atoms with Crippen molar-refractivity contribution in [3.05, 3.63) is 124 Å². The van der Waals surface area contributed by atoms with Gasteiger partial charge in [-0.15, -0.1) is 0 Å². The maximum atomic E-state index is 13.3. The number of halogens is 1. The lowest BCUT2D eigenvalue weighted by Crippen LogP contribution is -2.16. The van der Waals surface area contributed by atoms with Crippen LogP contribution in [0.5, 0.6) is 5.88 Å². The number of aryl methyl sites for hydroxylation is 1. The molecule has 0 amide bonds. The average Bonchev–Trinajstić information content (AvgIpc) is 3.01. The van der Waals surface area contributed by atoms with Crippen LogP contribution in [0.4, 0.5) is 0 Å². The normalized spacial score (nSPS) is 12.0. The number of rotatable bonds is 10. The number of hydrogen-bond acceptors (Lipinski definition) is 8. The first-order valence-corrected chi connectivity index (χ1v) is 16.2. The summed E-state index contributed by atoms with van der Waals surface area (Å²) < 4.78 is 32.3. The molecule has 0 aliphatic carbocycles. The summed E-state index contributed by atoms with van der Waals surface area (Å²) in [6.45, 7) is 3.68. The highest BCUT2D eigenvalue weighted by Crippen LogP contribution is 2.36. The fourth-order valence-electron chi connectivity index (χ4n) is 4.65. The number of carbonyl (C=O) groups excluding carboxylic acids is 1. The van der Waals surface area contributed by atoms with E-state index in [1.54, 1.807) is 36.4 Å². The monoisotopic (exact) mass is 627 g/mol. The fraction of sp³-hybridized carbons (Fsp3) is 0.152. The van der Waals surface area contributed by atoms with E-state index in [-0.39, 0.29) is 27.5 Å². The van der Waals surface area contributed by atoms with Crippen molar-refractivity contribution < 1.29 is 17.4 Å². The lowest BCUT2D eigenvalue weighted by molar-refractivity contribution is 0.102. The summed E-state index contributed by atoms with van der Waals surface area (Å²) in [4.78, 5) is 22.1. The van der Waals surface area contributed by atoms with Crippen molar-refractivity contribution in [1.82, 2.24) is 9.97 Å². The number of thioether (sulfide) groups is 1. The van der Waals surface area contributed by atoms with E-state index in [4.69, 9.17) is 20.8 Å². The molecule has 0 N–H and O–H groups in total. The van der Waals surface area contributed by atoms with Gasteiger partial charge in [0, 0.05) is 16.1 Å². The molecule has 1 unspecified atom stereocenters. The van der Waals surface area contributed by atoms with Crippen molar-refractivity contribution in [2.45, 2.75) is 36.2 Å². The van der Waals surface area contributed by atoms with Crippen LogP contribution in [0, 0.1) is 18.3 Å². The van der Waals surface area contributed by atoms with Crippen LogP contribution in [-0.2, 0) is 16.5 Å². The third-order valence-corrected chi connectivity index (χ3v) is 9.19. The van der Waals surface area contributed by atoms with Crippen molar-refractivity contribution in [2.75, 3.05) is 5.75 Å². The number of fused-ring (bicyclic) bond motifs is 1. The minimum atomic E-state index is -4.27. The highest BCUT2D eigenvalue weighted by atomic mass is 35.5. The predicted molar refractivity (Wildman–Crippen MR) is 168 cm³/mol. The molecule has 0 saturated heterocycles. The number of nitrogens with zero attached hydrogens (tertiary/aromatic N) is 3. The topological polar surface area (TPSA) is 110 Å². The van der Waals surface area contributed by atoms with Crippen LogP contribution in [0.3, 0.4) is 0 Å². The molecular weight excluding hydrogens is 602 g/mol. The first-order chi connectivity index (χ1) is 20.7. The molecule has 0 fully saturated rings. The largest absolute Gasteiger partial charge is 0.358 e. The second kappa shape index (κ2) is 13.0. The summed E-state index contributed by atoms with van der Waals surface area (Å²) >= 11 is 7.00. The van der Waals surface area contributed by atoms with Crippen LogP contribution in [0.15, 0.2) is 101 Å². The summed E-state index contributed by atoms with van der Waals surface area (Å²) in [5, 5.41) is 12.9. The molecule has 216 valence electrons. The maximum Gasteiger partial charge on any atom is 0.340 e. The van der Waals surface area contributed by atoms with Gasteiger partial charge >= 0.3 is 10.1 Å². The maximum absolute atomic E-state index is 13.3. The second-order valence-corrected chi connectivity index (χ2v) is 12.7. The van der Waals surface area contributed by atoms with Crippen LogP contribution in [0.1, 0.15) is 45.6 Å². The average molecular weight is 628 g/mol. The van der Waals surface area contributed by atoms with E-state index in [0.717, 1.165) is 33.7 Å². The summed E-state index contributed by atoms with van der Waals surface area (Å²) in [6.07, 6.45) is 0.297. The fourth-order valence-corrected chi connectivity index (χ4v) is 6.42. The molecule has 4 aromatic carbocycles. The molecule has 0 radical (unpaired) electrons. The SMILES string of the molecule is CCc1c(OS(=O)(=O)c2ccc(C)cc2)nc(SCC(=O)c2ccc(Cl)cc2)nc1C(C#N)c1cccc2ccccc12. The van der Waals surface area contributed by atoms with Gasteiger partial charge in [-0.25, -0.2) is 4.98 Å². The van der Waals surface area contributed by atoms with E-state index >= 15 is 0 Å². The molecule has 1 atom stereocenters. The number of benzene rings is 4. The summed E-state index contributed by atoms with van der Waals surface area (Å²) in [5.74, 6) is -1.25. The Morgan fingerprint density at radius 1 is 0.977 bits per heavy atom. The van der Waals surface area contributed by atoms with Crippen molar-refractivity contribution in [1.29, 1.82) is 5.26 Å². The third-order valence-electron chi connectivity index (χ3n) is 6.87. The zero-order chi connectivity index (χ0) is 30.6. The van der Waals surface area contributed by atoms with E-state index in [1.807, 2.05) is 56.3 Å². The lowest BCUT2D eigenvalue weighted by atomic mass is 9.89. The molecule has 43 heavy (non-hydrogen) atoms. The third kappa shape index (κ3) is 6.73. The first kappa shape index (κ1) is 30.2. The first-order valence-electron chi connectivity index (χ1n) is 13.4. The second-order valence-electron chi connectivity index (χ2n) is 9.73. The van der Waals surface area contributed by atoms with Crippen LogP contribution in [0.2, 0.25) is 5.02 Å². The number of Topliss-reactive ketones (excluding diaryl/α,β-unsaturated/α-hetero) is 1. The van der Waals surface area contributed by atoms with Crippen molar-refractivity contribution in [2.24, 2.45) is 0 Å². The molecule has 0 saturated carbocycles. The number of aromatic nitrogens is 2. The lowest BCUT2D eigenvalue weighted by Gasteiger charge is -2.19. The quantitative estimate of drug-likeness (QED) is 0.0675. The van der Waals surface area contributed by atoms with Crippen LogP contribution in [-0.4, -0.2) is 29.9 Å². The molecule has 1 aromatic heterocycles. The minimum absolute atomic E-state index is 0.0256. The van der Waals surface area contributed by atoms with E-state index < -0.39 is 16.0 Å². The minimum Gasteiger partial charge on any atom is -0.358 e. The summed E-state index contributed by atoms with van der Waals surface area (Å²) in [6, 6.07) is 28.6. The Bertz CT molecular complexity index is 1950. The zero-order valence-electron chi connectivity index (χ0n) is 23.3. The zero-order valence-corrected chi connectivity index (χ0v) is 25.7. The molecule has 5 aromatic rings. The van der Waals surface area contributed by atoms with Gasteiger partial charge in [-0.2, -0.15) is 18.7 Å². The highest BCUT2D eigenvalue weighted by molar-refractivity contribution is 7.99. The van der Waals surface area contributed by atoms with Crippen molar-refractivity contribution in [3.63, 3.8) is 0 Å². The van der Waals surface area contributed by atoms with E-state index in [1.165, 1.54) is 12.1 Å². The predicted octanol–water partition coefficient (Wildman–Crippen LogP) is 7.55. The van der Waals surface area contributed by atoms with E-state index in [9.17, 15) is 18.5 Å². The molecule has 7 nitrogen and oxygen atoms in total. The highest BCUT2D eigenvalue weighted by Gasteiger charge is 2.28. The van der Waals surface area contributed by atoms with Gasteiger partial charge in [0.2, 0.25) is 5.88 Å². The Morgan fingerprint density at radius 2 is 1.67 bits per heavy atom.